The molecular formula is C21H25N3O6. The van der Waals surface area contributed by atoms with E-state index in [0.29, 0.717) is 41.7 Å². The highest BCUT2D eigenvalue weighted by Gasteiger charge is 2.15. The Hall–Kier alpha value is -3.46. The van der Waals surface area contributed by atoms with Gasteiger partial charge >= 0.3 is 6.03 Å². The number of fused-ring (bicyclic) bond motifs is 1. The van der Waals surface area contributed by atoms with E-state index >= 15 is 0 Å². The number of likely N-dealkylation sites (N-methyl/N-ethyl adjacent to an activating group) is 1. The molecule has 9 heteroatoms. The van der Waals surface area contributed by atoms with E-state index in [0.717, 1.165) is 5.56 Å². The van der Waals surface area contributed by atoms with Crippen LogP contribution in [0.5, 0.6) is 23.0 Å². The standard InChI is InChI=1S/C21H25N3O6/c1-24(9-8-14-4-6-16(27-2)18(10-14)28-3)12-20(25)23-21(26)22-15-5-7-17-19(11-15)30-13-29-17/h4-7,10-11H,8-9,12-13H2,1-3H3,(H2,22,23,25,26). The van der Waals surface area contributed by atoms with Crippen molar-refractivity contribution in [3.8, 4) is 23.0 Å². The number of hydrogen-bond acceptors (Lipinski definition) is 7. The highest BCUT2D eigenvalue weighted by molar-refractivity contribution is 6.01. The van der Waals surface area contributed by atoms with E-state index in [4.69, 9.17) is 18.9 Å². The Morgan fingerprint density at radius 2 is 1.80 bits per heavy atom. The van der Waals surface area contributed by atoms with E-state index in [2.05, 4.69) is 10.6 Å². The predicted octanol–water partition coefficient (Wildman–Crippen LogP) is 2.26. The zero-order chi connectivity index (χ0) is 21.5. The van der Waals surface area contributed by atoms with E-state index < -0.39 is 11.9 Å². The zero-order valence-electron chi connectivity index (χ0n) is 17.2. The fourth-order valence-corrected chi connectivity index (χ4v) is 2.98. The van der Waals surface area contributed by atoms with Crippen molar-refractivity contribution in [3.05, 3.63) is 42.0 Å². The lowest BCUT2D eigenvalue weighted by Crippen LogP contribution is -2.41. The number of urea groups is 1. The van der Waals surface area contributed by atoms with Crippen LogP contribution in [0.15, 0.2) is 36.4 Å². The summed E-state index contributed by atoms with van der Waals surface area (Å²) in [5, 5.41) is 4.93. The van der Waals surface area contributed by atoms with E-state index in [1.54, 1.807) is 32.4 Å². The molecule has 0 spiro atoms. The smallest absolute Gasteiger partial charge is 0.325 e. The number of hydrogen-bond donors (Lipinski definition) is 2. The molecule has 1 heterocycles. The van der Waals surface area contributed by atoms with Crippen molar-refractivity contribution in [2.24, 2.45) is 0 Å². The van der Waals surface area contributed by atoms with E-state index in [-0.39, 0.29) is 13.3 Å². The molecule has 0 saturated heterocycles. The van der Waals surface area contributed by atoms with Gasteiger partial charge in [0.05, 0.1) is 20.8 Å². The molecule has 0 saturated carbocycles. The van der Waals surface area contributed by atoms with Crippen molar-refractivity contribution in [3.63, 3.8) is 0 Å². The van der Waals surface area contributed by atoms with Crippen molar-refractivity contribution >= 4 is 17.6 Å². The summed E-state index contributed by atoms with van der Waals surface area (Å²) < 4.78 is 21.0. The number of amides is 3. The maximum Gasteiger partial charge on any atom is 0.325 e. The summed E-state index contributed by atoms with van der Waals surface area (Å²) in [6, 6.07) is 10.1. The van der Waals surface area contributed by atoms with Gasteiger partial charge in [-0.25, -0.2) is 4.79 Å². The number of nitrogens with one attached hydrogen (secondary N) is 2. The topological polar surface area (TPSA) is 98.4 Å². The summed E-state index contributed by atoms with van der Waals surface area (Å²) in [6.07, 6.45) is 0.716. The van der Waals surface area contributed by atoms with Crippen molar-refractivity contribution in [1.29, 1.82) is 0 Å². The molecular weight excluding hydrogens is 390 g/mol. The van der Waals surface area contributed by atoms with Crippen LogP contribution in [0.25, 0.3) is 0 Å². The number of anilines is 1. The maximum atomic E-state index is 12.1. The number of benzene rings is 2. The Balaban J connectivity index is 1.43. The van der Waals surface area contributed by atoms with Gasteiger partial charge in [-0.1, -0.05) is 6.07 Å². The number of ether oxygens (including phenoxy) is 4. The molecule has 1 aliphatic heterocycles. The molecule has 0 aliphatic carbocycles. The molecule has 9 nitrogen and oxygen atoms in total. The van der Waals surface area contributed by atoms with Crippen LogP contribution in [0, 0.1) is 0 Å². The molecule has 0 atom stereocenters. The monoisotopic (exact) mass is 415 g/mol. The van der Waals surface area contributed by atoms with Gasteiger partial charge in [0, 0.05) is 18.3 Å². The number of methoxy groups -OCH3 is 2. The quantitative estimate of drug-likeness (QED) is 0.682. The van der Waals surface area contributed by atoms with E-state index in [1.807, 2.05) is 30.1 Å². The Kier molecular flexibility index (Phi) is 6.97. The zero-order valence-corrected chi connectivity index (χ0v) is 17.2. The minimum atomic E-state index is -0.604. The fraction of sp³-hybridized carbons (Fsp3) is 0.333. The van der Waals surface area contributed by atoms with Crippen LogP contribution in [0.4, 0.5) is 10.5 Å². The van der Waals surface area contributed by atoms with Gasteiger partial charge in [-0.05, 0) is 43.3 Å². The molecule has 0 fully saturated rings. The summed E-state index contributed by atoms with van der Waals surface area (Å²) >= 11 is 0. The molecule has 2 aromatic rings. The van der Waals surface area contributed by atoms with Crippen molar-refractivity contribution in [2.45, 2.75) is 6.42 Å². The molecule has 1 aliphatic rings. The van der Waals surface area contributed by atoms with Crippen LogP contribution in [-0.4, -0.2) is 58.0 Å². The summed E-state index contributed by atoms with van der Waals surface area (Å²) in [6.45, 7) is 0.869. The summed E-state index contributed by atoms with van der Waals surface area (Å²) in [4.78, 5) is 26.0. The second-order valence-corrected chi connectivity index (χ2v) is 6.75. The number of rotatable bonds is 8. The van der Waals surface area contributed by atoms with Gasteiger partial charge in [0.15, 0.2) is 23.0 Å². The highest BCUT2D eigenvalue weighted by Crippen LogP contribution is 2.34. The Labute approximate surface area is 174 Å². The Morgan fingerprint density at radius 1 is 1.03 bits per heavy atom. The van der Waals surface area contributed by atoms with Crippen LogP contribution in [0.1, 0.15) is 5.56 Å². The minimum Gasteiger partial charge on any atom is -0.493 e. The highest BCUT2D eigenvalue weighted by atomic mass is 16.7. The van der Waals surface area contributed by atoms with Crippen LogP contribution in [0.2, 0.25) is 0 Å². The average molecular weight is 415 g/mol. The van der Waals surface area contributed by atoms with Crippen molar-refractivity contribution < 1.29 is 28.5 Å². The molecule has 0 bridgehead atoms. The summed E-state index contributed by atoms with van der Waals surface area (Å²) in [5.74, 6) is 2.10. The molecule has 0 unspecified atom stereocenters. The maximum absolute atomic E-state index is 12.1. The number of imide groups is 1. The third kappa shape index (κ3) is 5.54. The van der Waals surface area contributed by atoms with Gasteiger partial charge in [-0.3, -0.25) is 15.0 Å². The molecule has 160 valence electrons. The van der Waals surface area contributed by atoms with Gasteiger partial charge in [0.2, 0.25) is 12.7 Å². The lowest BCUT2D eigenvalue weighted by Gasteiger charge is -2.17. The van der Waals surface area contributed by atoms with Crippen LogP contribution in [0.3, 0.4) is 0 Å². The molecule has 3 rings (SSSR count). The first-order chi connectivity index (χ1) is 14.5. The second-order valence-electron chi connectivity index (χ2n) is 6.75. The van der Waals surface area contributed by atoms with E-state index in [9.17, 15) is 9.59 Å². The lowest BCUT2D eigenvalue weighted by atomic mass is 10.1. The van der Waals surface area contributed by atoms with Crippen molar-refractivity contribution in [2.75, 3.05) is 46.5 Å². The molecule has 2 N–H and O–H groups in total. The summed E-state index contributed by atoms with van der Waals surface area (Å²) in [7, 11) is 5.00. The van der Waals surface area contributed by atoms with Crippen LogP contribution >= 0.6 is 0 Å². The van der Waals surface area contributed by atoms with Crippen molar-refractivity contribution in [1.82, 2.24) is 10.2 Å². The van der Waals surface area contributed by atoms with Crippen LogP contribution < -0.4 is 29.6 Å². The largest absolute Gasteiger partial charge is 0.493 e. The first kappa shape index (κ1) is 21.3. The summed E-state index contributed by atoms with van der Waals surface area (Å²) in [5.41, 5.74) is 1.56. The Bertz CT molecular complexity index is 918. The number of carbonyl (C=O) groups is 2. The van der Waals surface area contributed by atoms with Crippen LogP contribution in [-0.2, 0) is 11.2 Å². The molecule has 0 aromatic heterocycles. The van der Waals surface area contributed by atoms with E-state index in [1.165, 1.54) is 0 Å². The molecule has 0 radical (unpaired) electrons. The molecule has 3 amide bonds. The van der Waals surface area contributed by atoms with Gasteiger partial charge in [-0.15, -0.1) is 0 Å². The van der Waals surface area contributed by atoms with Gasteiger partial charge in [-0.2, -0.15) is 0 Å². The van der Waals surface area contributed by atoms with Gasteiger partial charge in [0.1, 0.15) is 0 Å². The SMILES string of the molecule is COc1ccc(CCN(C)CC(=O)NC(=O)Nc2ccc3c(c2)OCO3)cc1OC. The molecule has 30 heavy (non-hydrogen) atoms. The number of nitrogens with zero attached hydrogens (tertiary/aromatic N) is 1. The third-order valence-corrected chi connectivity index (χ3v) is 4.53. The Morgan fingerprint density at radius 3 is 2.57 bits per heavy atom. The normalized spacial score (nSPS) is 11.9. The number of carbonyl (C=O) groups excluding carboxylic acids is 2. The third-order valence-electron chi connectivity index (χ3n) is 4.53. The minimum absolute atomic E-state index is 0.0852. The first-order valence-corrected chi connectivity index (χ1v) is 9.38. The van der Waals surface area contributed by atoms with Gasteiger partial charge < -0.3 is 24.3 Å². The molecule has 2 aromatic carbocycles. The average Bonchev–Trinajstić information content (AvgIpc) is 3.19. The first-order valence-electron chi connectivity index (χ1n) is 9.38. The fourth-order valence-electron chi connectivity index (χ4n) is 2.98. The predicted molar refractivity (Wildman–Crippen MR) is 110 cm³/mol. The second kappa shape index (κ2) is 9.84. The van der Waals surface area contributed by atoms with Gasteiger partial charge in [0.25, 0.3) is 0 Å². The lowest BCUT2D eigenvalue weighted by molar-refractivity contribution is -0.120.